The first-order valence-electron chi connectivity index (χ1n) is 6.19. The van der Waals surface area contributed by atoms with Crippen molar-refractivity contribution in [1.82, 2.24) is 4.98 Å². The highest BCUT2D eigenvalue weighted by Gasteiger charge is 2.19. The molecule has 0 bridgehead atoms. The van der Waals surface area contributed by atoms with Gasteiger partial charge in [-0.3, -0.25) is 4.79 Å². The molecular weight excluding hydrogens is 292 g/mol. The third kappa shape index (κ3) is 2.57. The van der Waals surface area contributed by atoms with Crippen molar-refractivity contribution in [3.05, 3.63) is 23.1 Å². The van der Waals surface area contributed by atoms with E-state index in [4.69, 9.17) is 15.2 Å². The molecule has 0 unspecified atom stereocenters. The fourth-order valence-electron chi connectivity index (χ4n) is 1.84. The van der Waals surface area contributed by atoms with E-state index >= 15 is 0 Å². The molecule has 0 saturated heterocycles. The number of hydrogen-bond acceptors (Lipinski definition) is 7. The second-order valence-corrected chi connectivity index (χ2v) is 5.60. The molecule has 0 radical (unpaired) electrons. The molecule has 1 aliphatic heterocycles. The third-order valence-electron chi connectivity index (χ3n) is 2.86. The third-order valence-corrected chi connectivity index (χ3v) is 4.10. The fourth-order valence-corrected chi connectivity index (χ4v) is 2.64. The number of nitrogen functional groups attached to an aromatic ring is 1. The van der Waals surface area contributed by atoms with Crippen LogP contribution < -0.4 is 25.4 Å². The number of aromatic nitrogens is 1. The molecule has 110 valence electrons. The molecule has 3 rings (SSSR count). The maximum Gasteiger partial charge on any atom is 0.269 e. The SMILES string of the molecule is CN(C)c1nc(N)c(C(=O)Nc2ccc3c(c2)OCO3)s1. The van der Waals surface area contributed by atoms with Crippen LogP contribution in [0.4, 0.5) is 16.6 Å². The summed E-state index contributed by atoms with van der Waals surface area (Å²) >= 11 is 1.24. The number of nitrogens with zero attached hydrogens (tertiary/aromatic N) is 2. The number of ether oxygens (including phenoxy) is 2. The maximum atomic E-state index is 12.3. The van der Waals surface area contributed by atoms with Crippen LogP contribution in [0.2, 0.25) is 0 Å². The van der Waals surface area contributed by atoms with Gasteiger partial charge < -0.3 is 25.4 Å². The smallest absolute Gasteiger partial charge is 0.269 e. The van der Waals surface area contributed by atoms with Crippen molar-refractivity contribution < 1.29 is 14.3 Å². The van der Waals surface area contributed by atoms with Crippen molar-refractivity contribution in [3.63, 3.8) is 0 Å². The van der Waals surface area contributed by atoms with Gasteiger partial charge in [-0.25, -0.2) is 4.98 Å². The average Bonchev–Trinajstić information content (AvgIpc) is 3.04. The lowest BCUT2D eigenvalue weighted by Crippen LogP contribution is -2.12. The summed E-state index contributed by atoms with van der Waals surface area (Å²) in [5.74, 6) is 1.21. The summed E-state index contributed by atoms with van der Waals surface area (Å²) < 4.78 is 10.5. The lowest BCUT2D eigenvalue weighted by molar-refractivity contribution is 0.103. The fraction of sp³-hybridized carbons (Fsp3) is 0.231. The molecule has 2 aromatic rings. The number of thiazole rings is 1. The molecule has 7 nitrogen and oxygen atoms in total. The number of nitrogens with two attached hydrogens (primary N) is 1. The van der Waals surface area contributed by atoms with E-state index in [2.05, 4.69) is 10.3 Å². The highest BCUT2D eigenvalue weighted by atomic mass is 32.1. The molecule has 1 amide bonds. The van der Waals surface area contributed by atoms with Crippen molar-refractivity contribution in [1.29, 1.82) is 0 Å². The number of hydrogen-bond donors (Lipinski definition) is 2. The summed E-state index contributed by atoms with van der Waals surface area (Å²) in [5.41, 5.74) is 6.41. The number of fused-ring (bicyclic) bond motifs is 1. The summed E-state index contributed by atoms with van der Waals surface area (Å²) in [6.45, 7) is 0.195. The van der Waals surface area contributed by atoms with Crippen LogP contribution in [0.15, 0.2) is 18.2 Å². The van der Waals surface area contributed by atoms with Crippen molar-refractivity contribution in [2.45, 2.75) is 0 Å². The topological polar surface area (TPSA) is 89.7 Å². The van der Waals surface area contributed by atoms with Crippen LogP contribution in [-0.2, 0) is 0 Å². The van der Waals surface area contributed by atoms with E-state index in [0.717, 1.165) is 0 Å². The monoisotopic (exact) mass is 306 g/mol. The zero-order valence-electron chi connectivity index (χ0n) is 11.5. The number of nitrogens with one attached hydrogen (secondary N) is 1. The molecule has 0 spiro atoms. The van der Waals surface area contributed by atoms with E-state index in [1.165, 1.54) is 11.3 Å². The van der Waals surface area contributed by atoms with Gasteiger partial charge in [0.15, 0.2) is 16.6 Å². The summed E-state index contributed by atoms with van der Waals surface area (Å²) in [6, 6.07) is 5.21. The number of anilines is 3. The van der Waals surface area contributed by atoms with E-state index in [9.17, 15) is 4.79 Å². The Balaban J connectivity index is 1.80. The zero-order valence-corrected chi connectivity index (χ0v) is 12.4. The Morgan fingerprint density at radius 2 is 2.14 bits per heavy atom. The van der Waals surface area contributed by atoms with Crippen molar-refractivity contribution in [2.75, 3.05) is 36.8 Å². The Hall–Kier alpha value is -2.48. The Bertz CT molecular complexity index is 699. The predicted molar refractivity (Wildman–Crippen MR) is 81.4 cm³/mol. The number of carbonyl (C=O) groups is 1. The number of benzene rings is 1. The second kappa shape index (κ2) is 5.13. The minimum atomic E-state index is -0.294. The molecule has 0 atom stereocenters. The number of carbonyl (C=O) groups excluding carboxylic acids is 1. The summed E-state index contributed by atoms with van der Waals surface area (Å²) in [4.78, 5) is 18.6. The van der Waals surface area contributed by atoms with E-state index in [0.29, 0.717) is 27.2 Å². The lowest BCUT2D eigenvalue weighted by atomic mass is 10.2. The lowest BCUT2D eigenvalue weighted by Gasteiger charge is -2.06. The second-order valence-electron chi connectivity index (χ2n) is 4.63. The van der Waals surface area contributed by atoms with Gasteiger partial charge in [-0.1, -0.05) is 11.3 Å². The molecule has 8 heteroatoms. The van der Waals surface area contributed by atoms with Gasteiger partial charge in [-0.2, -0.15) is 0 Å². The number of rotatable bonds is 3. The van der Waals surface area contributed by atoms with Crippen molar-refractivity contribution in [2.24, 2.45) is 0 Å². The molecule has 0 fully saturated rings. The number of amides is 1. The van der Waals surface area contributed by atoms with Crippen LogP contribution in [0.5, 0.6) is 11.5 Å². The molecule has 1 aromatic carbocycles. The molecule has 1 aromatic heterocycles. The largest absolute Gasteiger partial charge is 0.454 e. The van der Waals surface area contributed by atoms with E-state index in [1.807, 2.05) is 14.1 Å². The van der Waals surface area contributed by atoms with Gasteiger partial charge in [0.1, 0.15) is 10.7 Å². The van der Waals surface area contributed by atoms with Crippen molar-refractivity contribution >= 4 is 33.9 Å². The van der Waals surface area contributed by atoms with Gasteiger partial charge in [-0.05, 0) is 12.1 Å². The first-order valence-corrected chi connectivity index (χ1v) is 7.01. The Morgan fingerprint density at radius 1 is 1.38 bits per heavy atom. The summed E-state index contributed by atoms with van der Waals surface area (Å²) in [5, 5.41) is 3.46. The van der Waals surface area contributed by atoms with E-state index < -0.39 is 0 Å². The van der Waals surface area contributed by atoms with Gasteiger partial charge in [0.25, 0.3) is 5.91 Å². The van der Waals surface area contributed by atoms with Gasteiger partial charge in [-0.15, -0.1) is 0 Å². The van der Waals surface area contributed by atoms with E-state index in [1.54, 1.807) is 23.1 Å². The first kappa shape index (κ1) is 13.5. The maximum absolute atomic E-state index is 12.3. The zero-order chi connectivity index (χ0) is 15.0. The average molecular weight is 306 g/mol. The van der Waals surface area contributed by atoms with E-state index in [-0.39, 0.29) is 18.5 Å². The van der Waals surface area contributed by atoms with Crippen LogP contribution in [0.1, 0.15) is 9.67 Å². The Labute approximate surface area is 125 Å². The van der Waals surface area contributed by atoms with Gasteiger partial charge in [0.2, 0.25) is 6.79 Å². The molecule has 0 saturated carbocycles. The van der Waals surface area contributed by atoms with Crippen LogP contribution >= 0.6 is 11.3 Å². The highest BCUT2D eigenvalue weighted by molar-refractivity contribution is 7.18. The quantitative estimate of drug-likeness (QED) is 0.898. The minimum Gasteiger partial charge on any atom is -0.454 e. The predicted octanol–water partition coefficient (Wildman–Crippen LogP) is 1.77. The van der Waals surface area contributed by atoms with Gasteiger partial charge in [0.05, 0.1) is 0 Å². The first-order chi connectivity index (χ1) is 10.0. The van der Waals surface area contributed by atoms with Crippen LogP contribution in [0, 0.1) is 0 Å². The molecule has 2 heterocycles. The molecule has 21 heavy (non-hydrogen) atoms. The Morgan fingerprint density at radius 3 is 2.86 bits per heavy atom. The molecule has 0 aliphatic carbocycles. The summed E-state index contributed by atoms with van der Waals surface area (Å²) in [7, 11) is 3.69. The van der Waals surface area contributed by atoms with Crippen LogP contribution in [0.25, 0.3) is 0 Å². The molecule has 3 N–H and O–H groups in total. The molecule has 1 aliphatic rings. The Kier molecular flexibility index (Phi) is 3.30. The van der Waals surface area contributed by atoms with Gasteiger partial charge in [0, 0.05) is 25.8 Å². The normalized spacial score (nSPS) is 12.3. The van der Waals surface area contributed by atoms with Gasteiger partial charge >= 0.3 is 0 Å². The molecular formula is C13H14N4O3S. The minimum absolute atomic E-state index is 0.195. The highest BCUT2D eigenvalue weighted by Crippen LogP contribution is 2.35. The van der Waals surface area contributed by atoms with Crippen molar-refractivity contribution in [3.8, 4) is 11.5 Å². The standard InChI is InChI=1S/C13H14N4O3S/c1-17(2)13-16-11(14)10(21-13)12(18)15-7-3-4-8-9(5-7)20-6-19-8/h3-5H,6,14H2,1-2H3,(H,15,18). The van der Waals surface area contributed by atoms with Crippen LogP contribution in [-0.4, -0.2) is 31.8 Å². The van der Waals surface area contributed by atoms with Crippen LogP contribution in [0.3, 0.4) is 0 Å². The summed E-state index contributed by atoms with van der Waals surface area (Å²) in [6.07, 6.45) is 0.